The van der Waals surface area contributed by atoms with Crippen molar-refractivity contribution in [1.29, 1.82) is 0 Å². The number of likely N-dealkylation sites (tertiary alicyclic amines) is 1. The van der Waals surface area contributed by atoms with Crippen molar-refractivity contribution in [3.05, 3.63) is 75.5 Å². The van der Waals surface area contributed by atoms with Gasteiger partial charge in [-0.3, -0.25) is 4.79 Å². The molecule has 1 atom stereocenters. The number of hydrogen-bond donors (Lipinski definition) is 1. The summed E-state index contributed by atoms with van der Waals surface area (Å²) in [6, 6.07) is 15.2. The normalized spacial score (nSPS) is 16.5. The highest BCUT2D eigenvalue weighted by molar-refractivity contribution is 7.09. The summed E-state index contributed by atoms with van der Waals surface area (Å²) in [4.78, 5) is 27.6. The van der Waals surface area contributed by atoms with E-state index in [0.29, 0.717) is 23.9 Å². The van der Waals surface area contributed by atoms with Crippen molar-refractivity contribution in [2.45, 2.75) is 25.4 Å². The van der Waals surface area contributed by atoms with E-state index in [-0.39, 0.29) is 11.8 Å². The first-order chi connectivity index (χ1) is 15.2. The molecule has 0 spiro atoms. The molecule has 0 radical (unpaired) electrons. The van der Waals surface area contributed by atoms with E-state index in [2.05, 4.69) is 9.97 Å². The summed E-state index contributed by atoms with van der Waals surface area (Å²) >= 11 is 7.33. The lowest BCUT2D eigenvalue weighted by molar-refractivity contribution is 0.0699. The van der Waals surface area contributed by atoms with Crippen LogP contribution in [0.4, 0.5) is 0 Å². The van der Waals surface area contributed by atoms with Gasteiger partial charge < -0.3 is 14.6 Å². The van der Waals surface area contributed by atoms with Gasteiger partial charge in [0, 0.05) is 29.4 Å². The Morgan fingerprint density at radius 1 is 1.19 bits per heavy atom. The number of piperidine rings is 1. The van der Waals surface area contributed by atoms with Gasteiger partial charge in [0.2, 0.25) is 0 Å². The molecule has 1 aliphatic rings. The molecule has 4 aromatic rings. The Balaban J connectivity index is 1.24. The molecule has 0 aliphatic carbocycles. The largest absolute Gasteiger partial charge is 0.486 e. The van der Waals surface area contributed by atoms with Crippen molar-refractivity contribution in [1.82, 2.24) is 19.9 Å². The second-order valence-electron chi connectivity index (χ2n) is 7.60. The number of hydrogen-bond acceptors (Lipinski definition) is 5. The first-order valence-electron chi connectivity index (χ1n) is 10.2. The van der Waals surface area contributed by atoms with Gasteiger partial charge in [0.1, 0.15) is 28.9 Å². The van der Waals surface area contributed by atoms with Gasteiger partial charge in [0.15, 0.2) is 0 Å². The highest BCUT2D eigenvalue weighted by Gasteiger charge is 2.28. The van der Waals surface area contributed by atoms with Gasteiger partial charge in [-0.15, -0.1) is 11.3 Å². The number of aromatic nitrogens is 3. The number of carbonyl (C=O) groups excluding carboxylic acids is 1. The van der Waals surface area contributed by atoms with Crippen LogP contribution in [0, 0.1) is 0 Å². The minimum absolute atomic E-state index is 0.0326. The maximum Gasteiger partial charge on any atom is 0.273 e. The minimum atomic E-state index is -0.0326. The Kier molecular flexibility index (Phi) is 5.61. The third kappa shape index (κ3) is 4.43. The number of rotatable bonds is 5. The molecule has 3 heterocycles. The quantitative estimate of drug-likeness (QED) is 0.447. The summed E-state index contributed by atoms with van der Waals surface area (Å²) < 4.78 is 5.74. The number of amides is 1. The maximum atomic E-state index is 13.1. The number of thiazole rings is 1. The smallest absolute Gasteiger partial charge is 0.273 e. The lowest BCUT2D eigenvalue weighted by Gasteiger charge is -2.31. The second kappa shape index (κ2) is 8.69. The number of ether oxygens (including phenoxy) is 1. The SMILES string of the molecule is O=C(c1csc(COc2ccc(Cl)cc2)n1)N1CCCC(c2nc3ccccc3[nH]2)C1. The predicted octanol–water partition coefficient (Wildman–Crippen LogP) is 5.27. The number of para-hydroxylation sites is 2. The van der Waals surface area contributed by atoms with Gasteiger partial charge in [-0.2, -0.15) is 0 Å². The number of carbonyl (C=O) groups is 1. The van der Waals surface area contributed by atoms with E-state index in [4.69, 9.17) is 21.3 Å². The molecule has 1 N–H and O–H groups in total. The molecule has 8 heteroatoms. The molecular formula is C23H21ClN4O2S. The molecule has 2 aromatic heterocycles. The minimum Gasteiger partial charge on any atom is -0.486 e. The molecule has 0 saturated carbocycles. The van der Waals surface area contributed by atoms with E-state index in [1.54, 1.807) is 12.1 Å². The molecule has 1 aliphatic heterocycles. The third-order valence-corrected chi connectivity index (χ3v) is 6.52. The van der Waals surface area contributed by atoms with Crippen LogP contribution in [-0.2, 0) is 6.61 Å². The van der Waals surface area contributed by atoms with E-state index < -0.39 is 0 Å². The molecule has 1 amide bonds. The Morgan fingerprint density at radius 3 is 2.87 bits per heavy atom. The molecule has 1 saturated heterocycles. The summed E-state index contributed by atoms with van der Waals surface area (Å²) in [5, 5.41) is 3.24. The molecule has 31 heavy (non-hydrogen) atoms. The number of imidazole rings is 1. The molecule has 0 bridgehead atoms. The van der Waals surface area contributed by atoms with Gasteiger partial charge in [0.25, 0.3) is 5.91 Å². The van der Waals surface area contributed by atoms with Crippen LogP contribution in [-0.4, -0.2) is 38.8 Å². The lowest BCUT2D eigenvalue weighted by Crippen LogP contribution is -2.39. The van der Waals surface area contributed by atoms with E-state index in [1.807, 2.05) is 46.7 Å². The molecule has 1 unspecified atom stereocenters. The monoisotopic (exact) mass is 452 g/mol. The van der Waals surface area contributed by atoms with Crippen LogP contribution in [0.2, 0.25) is 5.02 Å². The van der Waals surface area contributed by atoms with Crippen LogP contribution in [0.15, 0.2) is 53.9 Å². The van der Waals surface area contributed by atoms with Gasteiger partial charge in [-0.25, -0.2) is 9.97 Å². The number of nitrogens with one attached hydrogen (secondary N) is 1. The van der Waals surface area contributed by atoms with E-state index in [0.717, 1.165) is 47.0 Å². The zero-order chi connectivity index (χ0) is 21.2. The number of H-pyrrole nitrogens is 1. The maximum absolute atomic E-state index is 13.1. The highest BCUT2D eigenvalue weighted by Crippen LogP contribution is 2.28. The van der Waals surface area contributed by atoms with Crippen molar-refractivity contribution in [3.8, 4) is 5.75 Å². The molecule has 1 fully saturated rings. The average Bonchev–Trinajstić information content (AvgIpc) is 3.45. The lowest BCUT2D eigenvalue weighted by atomic mass is 9.97. The molecule has 2 aromatic carbocycles. The first-order valence-corrected chi connectivity index (χ1v) is 11.5. The fourth-order valence-electron chi connectivity index (χ4n) is 3.86. The Morgan fingerprint density at radius 2 is 2.03 bits per heavy atom. The van der Waals surface area contributed by atoms with Crippen LogP contribution >= 0.6 is 22.9 Å². The third-order valence-electron chi connectivity index (χ3n) is 5.45. The topological polar surface area (TPSA) is 71.1 Å². The van der Waals surface area contributed by atoms with Crippen molar-refractivity contribution < 1.29 is 9.53 Å². The summed E-state index contributed by atoms with van der Waals surface area (Å²) in [6.45, 7) is 1.71. The van der Waals surface area contributed by atoms with Gasteiger partial charge in [-0.05, 0) is 49.2 Å². The summed E-state index contributed by atoms with van der Waals surface area (Å²) in [5.41, 5.74) is 2.47. The predicted molar refractivity (Wildman–Crippen MR) is 122 cm³/mol. The zero-order valence-electron chi connectivity index (χ0n) is 16.8. The Bertz CT molecular complexity index is 1170. The first kappa shape index (κ1) is 20.0. The van der Waals surface area contributed by atoms with Crippen LogP contribution in [0.1, 0.15) is 40.1 Å². The number of fused-ring (bicyclic) bond motifs is 1. The molecular weight excluding hydrogens is 432 g/mol. The average molecular weight is 453 g/mol. The van der Waals surface area contributed by atoms with Crippen molar-refractivity contribution >= 4 is 39.9 Å². The fourth-order valence-corrected chi connectivity index (χ4v) is 4.67. The van der Waals surface area contributed by atoms with Crippen LogP contribution in [0.3, 0.4) is 0 Å². The zero-order valence-corrected chi connectivity index (χ0v) is 18.3. The van der Waals surface area contributed by atoms with Gasteiger partial charge in [-0.1, -0.05) is 23.7 Å². The van der Waals surface area contributed by atoms with E-state index in [9.17, 15) is 4.79 Å². The Labute approximate surface area is 188 Å². The number of aromatic amines is 1. The number of halogens is 1. The highest BCUT2D eigenvalue weighted by atomic mass is 35.5. The number of nitrogens with zero attached hydrogens (tertiary/aromatic N) is 3. The summed E-state index contributed by atoms with van der Waals surface area (Å²) in [6.07, 6.45) is 1.96. The molecule has 6 nitrogen and oxygen atoms in total. The summed E-state index contributed by atoms with van der Waals surface area (Å²) in [7, 11) is 0. The fraction of sp³-hybridized carbons (Fsp3) is 0.261. The van der Waals surface area contributed by atoms with Crippen molar-refractivity contribution in [3.63, 3.8) is 0 Å². The Hall–Kier alpha value is -2.90. The van der Waals surface area contributed by atoms with E-state index in [1.165, 1.54) is 11.3 Å². The van der Waals surface area contributed by atoms with Crippen LogP contribution in [0.5, 0.6) is 5.75 Å². The molecule has 5 rings (SSSR count). The standard InChI is InChI=1S/C23H21ClN4O2S/c24-16-7-9-17(10-8-16)30-13-21-25-20(14-31-21)23(29)28-11-3-4-15(12-28)22-26-18-5-1-2-6-19(18)27-22/h1-2,5-10,14-15H,3-4,11-13H2,(H,26,27). The van der Waals surface area contributed by atoms with Crippen molar-refractivity contribution in [2.75, 3.05) is 13.1 Å². The van der Waals surface area contributed by atoms with E-state index >= 15 is 0 Å². The van der Waals surface area contributed by atoms with Gasteiger partial charge >= 0.3 is 0 Å². The van der Waals surface area contributed by atoms with Crippen molar-refractivity contribution in [2.24, 2.45) is 0 Å². The molecule has 158 valence electrons. The van der Waals surface area contributed by atoms with Gasteiger partial charge in [0.05, 0.1) is 11.0 Å². The second-order valence-corrected chi connectivity index (χ2v) is 8.98. The summed E-state index contributed by atoms with van der Waals surface area (Å²) in [5.74, 6) is 1.84. The van der Waals surface area contributed by atoms with Crippen LogP contribution < -0.4 is 4.74 Å². The number of benzene rings is 2. The van der Waals surface area contributed by atoms with Crippen LogP contribution in [0.25, 0.3) is 11.0 Å².